The number of aryl methyl sites for hydroxylation is 1. The second-order valence-corrected chi connectivity index (χ2v) is 7.12. The lowest BCUT2D eigenvalue weighted by Crippen LogP contribution is -2.15. The fourth-order valence-corrected chi connectivity index (χ4v) is 3.37. The highest BCUT2D eigenvalue weighted by atomic mass is 16.5. The van der Waals surface area contributed by atoms with Gasteiger partial charge in [-0.3, -0.25) is 0 Å². The number of nitrogens with one attached hydrogen (secondary N) is 1. The number of fused-ring (bicyclic) bond motifs is 1. The van der Waals surface area contributed by atoms with Crippen molar-refractivity contribution in [1.82, 2.24) is 14.5 Å². The lowest BCUT2D eigenvalue weighted by atomic mass is 9.98. The molecule has 6 nitrogen and oxygen atoms in total. The summed E-state index contributed by atoms with van der Waals surface area (Å²) in [5, 5.41) is 4.42. The molecule has 28 heavy (non-hydrogen) atoms. The number of allylic oxidation sites excluding steroid dienone is 3. The first-order chi connectivity index (χ1) is 13.6. The maximum absolute atomic E-state index is 5.98. The number of rotatable bonds is 6. The molecule has 1 atom stereocenters. The minimum absolute atomic E-state index is 0.343. The highest BCUT2D eigenvalue weighted by Crippen LogP contribution is 2.27. The zero-order valence-corrected chi connectivity index (χ0v) is 16.2. The number of ether oxygens (including phenoxy) is 1. The van der Waals surface area contributed by atoms with E-state index in [2.05, 4.69) is 52.0 Å². The Morgan fingerprint density at radius 1 is 1.29 bits per heavy atom. The smallest absolute Gasteiger partial charge is 0.230 e. The molecule has 4 rings (SSSR count). The third-order valence-electron chi connectivity index (χ3n) is 4.88. The van der Waals surface area contributed by atoms with Gasteiger partial charge in [0.25, 0.3) is 0 Å². The minimum atomic E-state index is 0.343. The third kappa shape index (κ3) is 3.86. The number of aromatic nitrogens is 3. The highest BCUT2D eigenvalue weighted by Gasteiger charge is 2.14. The first kappa shape index (κ1) is 18.1. The van der Waals surface area contributed by atoms with Crippen molar-refractivity contribution in [3.05, 3.63) is 66.3 Å². The number of hydrogen-bond donors (Lipinski definition) is 2. The molecule has 0 fully saturated rings. The van der Waals surface area contributed by atoms with Crippen LogP contribution in [0.15, 0.2) is 66.3 Å². The first-order valence-electron chi connectivity index (χ1n) is 9.66. The van der Waals surface area contributed by atoms with Gasteiger partial charge in [0.15, 0.2) is 0 Å². The van der Waals surface area contributed by atoms with E-state index in [1.165, 1.54) is 5.52 Å². The van der Waals surface area contributed by atoms with Crippen molar-refractivity contribution in [3.8, 4) is 11.6 Å². The van der Waals surface area contributed by atoms with E-state index in [0.717, 1.165) is 41.9 Å². The summed E-state index contributed by atoms with van der Waals surface area (Å²) >= 11 is 0. The number of anilines is 1. The van der Waals surface area contributed by atoms with Crippen LogP contribution in [0, 0.1) is 5.92 Å². The van der Waals surface area contributed by atoms with Gasteiger partial charge in [-0.05, 0) is 49.1 Å². The second-order valence-electron chi connectivity index (χ2n) is 7.12. The highest BCUT2D eigenvalue weighted by molar-refractivity contribution is 5.81. The maximum atomic E-state index is 5.98. The van der Waals surface area contributed by atoms with Crippen LogP contribution in [0.1, 0.15) is 26.7 Å². The minimum Gasteiger partial charge on any atom is -0.439 e. The predicted octanol–water partition coefficient (Wildman–Crippen LogP) is 4.81. The third-order valence-corrected chi connectivity index (χ3v) is 4.88. The van der Waals surface area contributed by atoms with Gasteiger partial charge < -0.3 is 20.4 Å². The van der Waals surface area contributed by atoms with Gasteiger partial charge in [-0.1, -0.05) is 19.9 Å². The van der Waals surface area contributed by atoms with Crippen LogP contribution in [0.5, 0.6) is 11.6 Å². The van der Waals surface area contributed by atoms with Gasteiger partial charge in [0.1, 0.15) is 5.75 Å². The Hall–Kier alpha value is -3.28. The summed E-state index contributed by atoms with van der Waals surface area (Å²) in [6.45, 7) is 5.33. The molecule has 3 aromatic rings. The summed E-state index contributed by atoms with van der Waals surface area (Å²) in [4.78, 5) is 8.79. The quantitative estimate of drug-likeness (QED) is 0.646. The molecule has 1 aliphatic rings. The molecule has 0 aliphatic heterocycles. The van der Waals surface area contributed by atoms with Gasteiger partial charge in [-0.25, -0.2) is 4.98 Å². The average molecular weight is 375 g/mol. The van der Waals surface area contributed by atoms with Gasteiger partial charge in [0.2, 0.25) is 11.8 Å². The van der Waals surface area contributed by atoms with Gasteiger partial charge in [-0.2, -0.15) is 4.98 Å². The zero-order chi connectivity index (χ0) is 19.5. The van der Waals surface area contributed by atoms with Crippen LogP contribution >= 0.6 is 0 Å². The molecule has 2 heterocycles. The lowest BCUT2D eigenvalue weighted by molar-refractivity contribution is 0.463. The Bertz CT molecular complexity index is 1050. The van der Waals surface area contributed by atoms with E-state index in [4.69, 9.17) is 10.5 Å². The summed E-state index contributed by atoms with van der Waals surface area (Å²) < 4.78 is 8.23. The van der Waals surface area contributed by atoms with Gasteiger partial charge in [0.05, 0.1) is 0 Å². The first-order valence-corrected chi connectivity index (χ1v) is 9.66. The van der Waals surface area contributed by atoms with E-state index < -0.39 is 0 Å². The van der Waals surface area contributed by atoms with E-state index >= 15 is 0 Å². The number of benzene rings is 1. The largest absolute Gasteiger partial charge is 0.439 e. The Balaban J connectivity index is 1.52. The van der Waals surface area contributed by atoms with E-state index in [-0.39, 0.29) is 0 Å². The molecule has 2 aromatic heterocycles. The van der Waals surface area contributed by atoms with Crippen molar-refractivity contribution in [2.75, 3.05) is 5.32 Å². The molecular formula is C22H25N5O. The van der Waals surface area contributed by atoms with Crippen molar-refractivity contribution in [2.45, 2.75) is 33.2 Å². The Labute approximate surface area is 164 Å². The molecule has 0 amide bonds. The molecule has 0 saturated carbocycles. The van der Waals surface area contributed by atoms with E-state index in [0.29, 0.717) is 17.7 Å². The maximum Gasteiger partial charge on any atom is 0.230 e. The fraction of sp³-hybridized carbons (Fsp3) is 0.273. The van der Waals surface area contributed by atoms with E-state index in [1.54, 1.807) is 12.3 Å². The number of nitrogens with zero attached hydrogens (tertiary/aromatic N) is 3. The Morgan fingerprint density at radius 3 is 3.04 bits per heavy atom. The molecule has 0 bridgehead atoms. The molecule has 0 saturated heterocycles. The van der Waals surface area contributed by atoms with Crippen LogP contribution in [0.4, 0.5) is 5.95 Å². The van der Waals surface area contributed by atoms with Crippen LogP contribution in [-0.2, 0) is 6.54 Å². The van der Waals surface area contributed by atoms with Crippen LogP contribution < -0.4 is 15.8 Å². The van der Waals surface area contributed by atoms with Crippen LogP contribution in [0.3, 0.4) is 0 Å². The van der Waals surface area contributed by atoms with E-state index in [9.17, 15) is 0 Å². The second kappa shape index (κ2) is 7.76. The zero-order valence-electron chi connectivity index (χ0n) is 16.2. The molecule has 1 aliphatic carbocycles. The normalized spacial score (nSPS) is 16.6. The number of hydrogen-bond acceptors (Lipinski definition) is 5. The summed E-state index contributed by atoms with van der Waals surface area (Å²) in [6.07, 6.45) is 9.77. The predicted molar refractivity (Wildman–Crippen MR) is 112 cm³/mol. The SMILES string of the molecule is CCCn1ccc2cc(Oc3ccnc(NC4=CC(N)=CCC4C)n3)ccc21. The molecule has 144 valence electrons. The van der Waals surface area contributed by atoms with E-state index in [1.807, 2.05) is 24.3 Å². The van der Waals surface area contributed by atoms with Crippen LogP contribution in [0.2, 0.25) is 0 Å². The molecule has 1 unspecified atom stereocenters. The molecule has 3 N–H and O–H groups in total. The monoisotopic (exact) mass is 375 g/mol. The van der Waals surface area contributed by atoms with Crippen LogP contribution in [0.25, 0.3) is 10.9 Å². The van der Waals surface area contributed by atoms with Crippen molar-refractivity contribution in [3.63, 3.8) is 0 Å². The lowest BCUT2D eigenvalue weighted by Gasteiger charge is -2.19. The average Bonchev–Trinajstić information content (AvgIpc) is 3.08. The Morgan fingerprint density at radius 2 is 2.18 bits per heavy atom. The topological polar surface area (TPSA) is 78.0 Å². The molecule has 0 radical (unpaired) electrons. The summed E-state index contributed by atoms with van der Waals surface area (Å²) in [6, 6.07) is 9.96. The van der Waals surface area contributed by atoms with Crippen LogP contribution in [-0.4, -0.2) is 14.5 Å². The van der Waals surface area contributed by atoms with Gasteiger partial charge in [0, 0.05) is 47.3 Å². The van der Waals surface area contributed by atoms with Crippen molar-refractivity contribution in [1.29, 1.82) is 0 Å². The molecular weight excluding hydrogens is 350 g/mol. The number of nitrogens with two attached hydrogens (primary N) is 1. The molecule has 6 heteroatoms. The standard InChI is InChI=1S/C22H25N5O/c1-3-11-27-12-9-16-13-18(6-7-20(16)27)28-21-8-10-24-22(26-21)25-19-14-17(23)5-4-15(19)2/h5-10,12-15H,3-4,11,23H2,1-2H3,(H,24,25,26). The van der Waals surface area contributed by atoms with Crippen molar-refractivity contribution in [2.24, 2.45) is 11.7 Å². The fourth-order valence-electron chi connectivity index (χ4n) is 3.37. The molecule has 0 spiro atoms. The molecule has 1 aromatic carbocycles. The van der Waals surface area contributed by atoms with Gasteiger partial charge >= 0.3 is 0 Å². The summed E-state index contributed by atoms with van der Waals surface area (Å²) in [5.74, 6) is 2.09. The van der Waals surface area contributed by atoms with Crippen molar-refractivity contribution < 1.29 is 4.74 Å². The summed E-state index contributed by atoms with van der Waals surface area (Å²) in [7, 11) is 0. The van der Waals surface area contributed by atoms with Gasteiger partial charge in [-0.15, -0.1) is 0 Å². The summed E-state index contributed by atoms with van der Waals surface area (Å²) in [5.41, 5.74) is 8.90. The Kier molecular flexibility index (Phi) is 5.02. The van der Waals surface area contributed by atoms with Crippen molar-refractivity contribution >= 4 is 16.9 Å².